The minimum absolute atomic E-state index is 0.0316. The van der Waals surface area contributed by atoms with Crippen molar-refractivity contribution in [3.63, 3.8) is 0 Å². The number of Topliss-reactive ketones (excluding diaryl/α,β-unsaturated/α-hetero) is 4. The number of nitrogens with zero attached hydrogens (tertiary/aromatic N) is 4. The van der Waals surface area contributed by atoms with E-state index in [1.807, 2.05) is 5.38 Å². The number of aromatic hydroxyl groups is 1. The Balaban J connectivity index is 0.000000366. The summed E-state index contributed by atoms with van der Waals surface area (Å²) in [5.74, 6) is -14.6. The van der Waals surface area contributed by atoms with Crippen LogP contribution in [0.3, 0.4) is 0 Å². The molecule has 134 heavy (non-hydrogen) atoms. The van der Waals surface area contributed by atoms with Gasteiger partial charge < -0.3 is 102 Å². The number of primary amides is 2. The van der Waals surface area contributed by atoms with Gasteiger partial charge in [-0.25, -0.2) is 4.39 Å². The summed E-state index contributed by atoms with van der Waals surface area (Å²) in [5, 5.41) is 54.1. The van der Waals surface area contributed by atoms with Crippen LogP contribution in [0.15, 0.2) is 100 Å². The molecule has 4 fully saturated rings. The first-order chi connectivity index (χ1) is 63.8. The molecule has 12 amide bonds. The first-order valence-electron chi connectivity index (χ1n) is 45.3. The molecule has 23 N–H and O–H groups in total. The van der Waals surface area contributed by atoms with E-state index in [1.54, 1.807) is 76.2 Å². The number of thioether (sulfide) groups is 2. The number of guanidine groups is 2. The lowest BCUT2D eigenvalue weighted by Gasteiger charge is -2.30. The molecule has 0 spiro atoms. The second kappa shape index (κ2) is 56.3. The highest BCUT2D eigenvalue weighted by Gasteiger charge is 2.44. The van der Waals surface area contributed by atoms with Crippen LogP contribution in [0.25, 0.3) is 0 Å². The molecule has 4 saturated heterocycles. The van der Waals surface area contributed by atoms with Crippen LogP contribution in [0.5, 0.6) is 5.75 Å². The third-order valence-corrected chi connectivity index (χ3v) is 26.9. The molecule has 0 radical (unpaired) electrons. The number of carbonyl (C=O) groups is 16. The van der Waals surface area contributed by atoms with Gasteiger partial charge in [-0.05, 0) is 165 Å². The van der Waals surface area contributed by atoms with Crippen LogP contribution in [0.1, 0.15) is 165 Å². The summed E-state index contributed by atoms with van der Waals surface area (Å²) < 4.78 is 13.9. The SMILES string of the molecule is CC(C)[C@@H]1NC(=O)[C@H](Cc2ccc(F)cc2)NC(=O)[C@H](Cc2ccc(Cl)cc2)CC(=O)CCCSC[C@@H](C(=O)N2CCC[C@H]2C(=O)N[C@@H](CO)CCCN=C(N)N)CC(=O)[C@H](CC(N)=O)NC1=O.CC(C)[C@@H]1NC(=O)[C@H](Cc2cccs2)NC(=O)[C@H](Cc2ccc(O)cc2)CC(=O)CCCSC[C@@H](C(=O)N2CCC[C@H]2C(=O)N[C@H](CO)CCCN=C(N)N)CC(=O)[C@H](CC(N)=O)NC1=O. The number of aliphatic hydroxyl groups excluding tert-OH is 2. The van der Waals surface area contributed by atoms with Crippen molar-refractivity contribution in [2.45, 2.75) is 229 Å². The number of amides is 12. The summed E-state index contributed by atoms with van der Waals surface area (Å²) in [6.07, 6.45) is 1.97. The number of aliphatic imine (C=N–C) groups is 2. The standard InChI is InChI=1S/C47H65ClFN9O9S.C45H65N9O10S2/c1-27(2)41-45(66)55-36(24-40(50)62)39(61)23-31(46(67)58-18-4-8-38(58)44(65)54-34(25-59)6-3-17-53-47(51)52)26-68-19-5-7-35(60)22-30(20-28-9-13-32(48)14-10-28)42(63)56-37(43(64)57-41)21-29-11-15-33(49)16-12-29;1-26(2)39-43(63)51-34(23-38(46)59)37(58)21-29(44(64)54-16-4-10-36(54)42(62)50-30(24-55)7-3-15-49-45(47)48)25-65-17-5-8-32(57)20-28(19-27-11-13-31(56)14-12-27)40(60)52-35(41(61)53-39)22-33-9-6-18-66-33/h9-16,27,30-31,34,36-38,41,59H,3-8,17-26H2,1-2H3,(H2,50,62)(H,54,65)(H,55,66)(H,56,63)(H,57,64)(H4,51,52,53);6,9,11-14,18,26,28-30,34-36,39,55-56H,3-5,7-8,10,15-17,19-25H2,1-2H3,(H2,46,59)(H,50,62)(H,51,63)(H,52,60)(H,53,61)(H4,47,48,49)/t30-,31+,34-,36+,37+,38+,41+;28-,29+,30+,34+,35+,36+,39+/m11/s1. The van der Waals surface area contributed by atoms with Crippen molar-refractivity contribution < 1.29 is 96.4 Å². The fourth-order valence-electron chi connectivity index (χ4n) is 16.1. The first-order valence-corrected chi connectivity index (χ1v) is 48.8. The van der Waals surface area contributed by atoms with Crippen molar-refractivity contribution in [1.29, 1.82) is 0 Å². The summed E-state index contributed by atoms with van der Waals surface area (Å²) >= 11 is 10.1. The van der Waals surface area contributed by atoms with Crippen molar-refractivity contribution in [3.05, 3.63) is 123 Å². The average molecular weight is 1940 g/mol. The molecule has 1 aromatic heterocycles. The number of thiophene rings is 1. The van der Waals surface area contributed by atoms with Gasteiger partial charge in [0.25, 0.3) is 0 Å². The van der Waals surface area contributed by atoms with Crippen molar-refractivity contribution in [1.82, 2.24) is 52.3 Å². The highest BCUT2D eigenvalue weighted by atomic mass is 35.5. The summed E-state index contributed by atoms with van der Waals surface area (Å²) in [6, 6.07) is 10.8. The lowest BCUT2D eigenvalue weighted by Crippen LogP contribution is -2.58. The molecule has 0 bridgehead atoms. The molecule has 5 heterocycles. The predicted octanol–water partition coefficient (Wildman–Crippen LogP) is 1.87. The maximum Gasteiger partial charge on any atom is 0.243 e. The van der Waals surface area contributed by atoms with Crippen LogP contribution in [-0.2, 0) is 102 Å². The van der Waals surface area contributed by atoms with Gasteiger partial charge in [0.15, 0.2) is 23.5 Å². The van der Waals surface area contributed by atoms with Gasteiger partial charge in [0.1, 0.15) is 59.4 Å². The first kappa shape index (κ1) is 110. The number of likely N-dealkylation sites (tertiary alicyclic amines) is 2. The number of benzene rings is 3. The number of rotatable bonds is 30. The van der Waals surface area contributed by atoms with Crippen molar-refractivity contribution >= 4 is 152 Å². The van der Waals surface area contributed by atoms with E-state index in [4.69, 9.17) is 46.0 Å². The van der Waals surface area contributed by atoms with E-state index >= 15 is 0 Å². The molecule has 14 atom stereocenters. The van der Waals surface area contributed by atoms with Crippen LogP contribution in [-0.4, -0.2) is 254 Å². The van der Waals surface area contributed by atoms with Gasteiger partial charge in [-0.2, -0.15) is 23.5 Å². The van der Waals surface area contributed by atoms with Crippen LogP contribution in [0.2, 0.25) is 5.02 Å². The number of ketones is 4. The Morgan fingerprint density at radius 1 is 0.500 bits per heavy atom. The summed E-state index contributed by atoms with van der Waals surface area (Å²) in [7, 11) is 0. The van der Waals surface area contributed by atoms with E-state index in [1.165, 1.54) is 81.1 Å². The zero-order valence-corrected chi connectivity index (χ0v) is 79.3. The van der Waals surface area contributed by atoms with E-state index in [2.05, 4.69) is 52.5 Å². The number of halogens is 2. The van der Waals surface area contributed by atoms with Crippen molar-refractivity contribution in [2.24, 2.45) is 79.9 Å². The summed E-state index contributed by atoms with van der Waals surface area (Å²) in [4.78, 5) is 233. The molecule has 0 aliphatic carbocycles. The highest BCUT2D eigenvalue weighted by molar-refractivity contribution is 7.99. The average Bonchev–Trinajstić information content (AvgIpc) is 1.64. The van der Waals surface area contributed by atoms with E-state index in [0.717, 1.165) is 4.88 Å². The molecular weight excluding hydrogens is 1810 g/mol. The maximum absolute atomic E-state index is 14.5. The number of aliphatic hydroxyl groups is 2. The molecular formula is C92H130ClFN18O19S3. The van der Waals surface area contributed by atoms with Crippen molar-refractivity contribution in [2.75, 3.05) is 62.4 Å². The molecule has 3 aromatic carbocycles. The Morgan fingerprint density at radius 3 is 1.28 bits per heavy atom. The molecule has 42 heteroatoms. The lowest BCUT2D eigenvalue weighted by molar-refractivity contribution is -0.143. The number of hydrogen-bond donors (Lipinski definition) is 17. The molecule has 4 aromatic rings. The summed E-state index contributed by atoms with van der Waals surface area (Å²) in [5.41, 5.74) is 34.6. The monoisotopic (exact) mass is 1940 g/mol. The Bertz CT molecular complexity index is 4700. The molecule has 734 valence electrons. The number of phenols is 1. The number of nitrogens with one attached hydrogen (secondary N) is 8. The Labute approximate surface area is 796 Å². The van der Waals surface area contributed by atoms with Crippen molar-refractivity contribution in [3.8, 4) is 5.75 Å². The van der Waals surface area contributed by atoms with Gasteiger partial charge in [-0.3, -0.25) is 86.7 Å². The fourth-order valence-corrected chi connectivity index (χ4v) is 19.1. The normalized spacial score (nSPS) is 23.4. The maximum atomic E-state index is 14.5. The van der Waals surface area contributed by atoms with Crippen LogP contribution in [0, 0.1) is 41.3 Å². The Morgan fingerprint density at radius 2 is 0.896 bits per heavy atom. The molecule has 8 rings (SSSR count). The Kier molecular flexibility index (Phi) is 46.1. The van der Waals surface area contributed by atoms with Gasteiger partial charge in [0.2, 0.25) is 70.9 Å². The smallest absolute Gasteiger partial charge is 0.243 e. The zero-order valence-electron chi connectivity index (χ0n) is 76.1. The third kappa shape index (κ3) is 37.3. The second-order valence-corrected chi connectivity index (χ2v) is 38.7. The molecule has 4 aliphatic heterocycles. The van der Waals surface area contributed by atoms with Gasteiger partial charge in [0.05, 0.1) is 62.1 Å². The largest absolute Gasteiger partial charge is 0.508 e. The van der Waals surface area contributed by atoms with Crippen LogP contribution >= 0.6 is 46.5 Å². The highest BCUT2D eigenvalue weighted by Crippen LogP contribution is 2.30. The van der Waals surface area contributed by atoms with Gasteiger partial charge in [0, 0.05) is 111 Å². The van der Waals surface area contributed by atoms with E-state index in [-0.39, 0.29) is 125 Å². The van der Waals surface area contributed by atoms with E-state index in [0.29, 0.717) is 104 Å². The van der Waals surface area contributed by atoms with Gasteiger partial charge in [-0.1, -0.05) is 81.8 Å². The number of hydrogen-bond acceptors (Lipinski definition) is 24. The Hall–Kier alpha value is -11.1. The third-order valence-electron chi connectivity index (χ3n) is 23.4. The second-order valence-electron chi connectivity index (χ2n) is 34.9. The molecule has 4 aliphatic rings. The van der Waals surface area contributed by atoms with Crippen LogP contribution < -0.4 is 76.9 Å². The van der Waals surface area contributed by atoms with Crippen LogP contribution in [0.4, 0.5) is 4.39 Å². The summed E-state index contributed by atoms with van der Waals surface area (Å²) in [6.45, 7) is 6.90. The number of nitrogens with two attached hydrogens (primary N) is 6. The minimum atomic E-state index is -1.51. The van der Waals surface area contributed by atoms with E-state index < -0.39 is 210 Å². The van der Waals surface area contributed by atoms with Gasteiger partial charge >= 0.3 is 0 Å². The molecule has 0 unspecified atom stereocenters. The number of phenolic OH excluding ortho intramolecular Hbond substituents is 1. The number of carbonyl (C=O) groups excluding carboxylic acids is 16. The van der Waals surface area contributed by atoms with Gasteiger partial charge in [-0.15, -0.1) is 11.3 Å². The fraction of sp³-hybridized carbons (Fsp3) is 0.565. The molecule has 37 nitrogen and oxygen atoms in total. The zero-order chi connectivity index (χ0) is 98.3. The van der Waals surface area contributed by atoms with E-state index in [9.17, 15) is 96.4 Å². The lowest BCUT2D eigenvalue weighted by atomic mass is 9.91. The predicted molar refractivity (Wildman–Crippen MR) is 507 cm³/mol. The quantitative estimate of drug-likeness (QED) is 0.0201. The minimum Gasteiger partial charge on any atom is -0.508 e. The molecule has 0 saturated carbocycles. The topological polar surface area (TPSA) is 617 Å².